The van der Waals surface area contributed by atoms with Gasteiger partial charge in [-0.3, -0.25) is 14.9 Å². The van der Waals surface area contributed by atoms with E-state index in [1.54, 1.807) is 55.6 Å². The maximum absolute atomic E-state index is 12.2. The second-order valence-electron chi connectivity index (χ2n) is 4.77. The van der Waals surface area contributed by atoms with Crippen molar-refractivity contribution in [3.63, 3.8) is 0 Å². The number of methoxy groups -OCH3 is 1. The Balaban J connectivity index is 2.00. The molecule has 0 heterocycles. The maximum atomic E-state index is 12.2. The second-order valence-corrected chi connectivity index (χ2v) is 5.17. The average Bonchev–Trinajstić information content (AvgIpc) is 2.61. The first kappa shape index (κ1) is 17.4. The number of ether oxygens (including phenoxy) is 1. The SMILES string of the molecule is CNC(=O)c1ccc(NC(=S)NC(=O)c2ccccc2OC)cc1. The summed E-state index contributed by atoms with van der Waals surface area (Å²) in [6.07, 6.45) is 0. The molecule has 3 N–H and O–H groups in total. The first-order valence-corrected chi connectivity index (χ1v) is 7.53. The number of carbonyl (C=O) groups excluding carboxylic acids is 2. The van der Waals surface area contributed by atoms with Crippen LogP contribution in [0.1, 0.15) is 20.7 Å². The number of hydrogen-bond donors (Lipinski definition) is 3. The van der Waals surface area contributed by atoms with E-state index in [0.29, 0.717) is 22.6 Å². The van der Waals surface area contributed by atoms with Crippen molar-refractivity contribution in [2.45, 2.75) is 0 Å². The van der Waals surface area contributed by atoms with E-state index >= 15 is 0 Å². The van der Waals surface area contributed by atoms with Gasteiger partial charge in [0, 0.05) is 18.3 Å². The van der Waals surface area contributed by atoms with Gasteiger partial charge in [-0.05, 0) is 48.6 Å². The Hall–Kier alpha value is -2.93. The quantitative estimate of drug-likeness (QED) is 0.742. The highest BCUT2D eigenvalue weighted by molar-refractivity contribution is 7.80. The molecular formula is C17H17N3O3S. The Bertz CT molecular complexity index is 760. The zero-order chi connectivity index (χ0) is 17.5. The summed E-state index contributed by atoms with van der Waals surface area (Å²) in [6, 6.07) is 13.6. The summed E-state index contributed by atoms with van der Waals surface area (Å²) in [5, 5.41) is 8.18. The Labute approximate surface area is 145 Å². The van der Waals surface area contributed by atoms with E-state index in [-0.39, 0.29) is 16.9 Å². The summed E-state index contributed by atoms with van der Waals surface area (Å²) in [5.74, 6) is -0.0757. The van der Waals surface area contributed by atoms with Crippen molar-refractivity contribution in [1.29, 1.82) is 0 Å². The average molecular weight is 343 g/mol. The number of carbonyl (C=O) groups is 2. The first-order chi connectivity index (χ1) is 11.5. The van der Waals surface area contributed by atoms with Gasteiger partial charge in [-0.2, -0.15) is 0 Å². The van der Waals surface area contributed by atoms with Crippen LogP contribution >= 0.6 is 12.2 Å². The molecule has 7 heteroatoms. The molecule has 24 heavy (non-hydrogen) atoms. The second kappa shape index (κ2) is 8.07. The number of benzene rings is 2. The minimum atomic E-state index is -0.369. The molecule has 2 rings (SSSR count). The fraction of sp³-hybridized carbons (Fsp3) is 0.118. The van der Waals surface area contributed by atoms with Gasteiger partial charge in [0.1, 0.15) is 5.75 Å². The summed E-state index contributed by atoms with van der Waals surface area (Å²) in [6.45, 7) is 0. The highest BCUT2D eigenvalue weighted by Gasteiger charge is 2.13. The third-order valence-corrected chi connectivity index (χ3v) is 3.41. The molecule has 0 fully saturated rings. The molecule has 0 aliphatic rings. The molecule has 2 aromatic rings. The molecule has 0 saturated heterocycles. The van der Waals surface area contributed by atoms with Gasteiger partial charge in [0.05, 0.1) is 12.7 Å². The predicted molar refractivity (Wildman–Crippen MR) is 96.5 cm³/mol. The molecule has 0 aromatic heterocycles. The molecule has 124 valence electrons. The zero-order valence-corrected chi connectivity index (χ0v) is 14.1. The molecule has 0 aliphatic carbocycles. The van der Waals surface area contributed by atoms with Crippen molar-refractivity contribution in [3.8, 4) is 5.75 Å². The number of para-hydroxylation sites is 1. The molecule has 0 bridgehead atoms. The van der Waals surface area contributed by atoms with E-state index in [2.05, 4.69) is 16.0 Å². The van der Waals surface area contributed by atoms with Crippen LogP contribution in [0.2, 0.25) is 0 Å². The van der Waals surface area contributed by atoms with Gasteiger partial charge in [0.15, 0.2) is 5.11 Å². The van der Waals surface area contributed by atoms with Crippen LogP contribution in [0.5, 0.6) is 5.75 Å². The minimum Gasteiger partial charge on any atom is -0.496 e. The van der Waals surface area contributed by atoms with Crippen LogP contribution in [-0.2, 0) is 0 Å². The third-order valence-electron chi connectivity index (χ3n) is 3.21. The Kier molecular flexibility index (Phi) is 5.86. The van der Waals surface area contributed by atoms with E-state index in [0.717, 1.165) is 0 Å². The molecule has 0 unspecified atom stereocenters. The molecule has 0 radical (unpaired) electrons. The Morgan fingerprint density at radius 2 is 1.67 bits per heavy atom. The Morgan fingerprint density at radius 3 is 2.29 bits per heavy atom. The summed E-state index contributed by atoms with van der Waals surface area (Å²) in [5.41, 5.74) is 1.58. The molecule has 6 nitrogen and oxygen atoms in total. The van der Waals surface area contributed by atoms with Gasteiger partial charge in [-0.15, -0.1) is 0 Å². The largest absolute Gasteiger partial charge is 0.496 e. The van der Waals surface area contributed by atoms with Crippen molar-refractivity contribution in [1.82, 2.24) is 10.6 Å². The molecular weight excluding hydrogens is 326 g/mol. The topological polar surface area (TPSA) is 79.5 Å². The van der Waals surface area contributed by atoms with Gasteiger partial charge in [0.2, 0.25) is 0 Å². The van der Waals surface area contributed by atoms with Gasteiger partial charge in [-0.1, -0.05) is 12.1 Å². The van der Waals surface area contributed by atoms with E-state index in [4.69, 9.17) is 17.0 Å². The standard InChI is InChI=1S/C17H17N3O3S/c1-18-15(21)11-7-9-12(10-8-11)19-17(24)20-16(22)13-5-3-4-6-14(13)23-2/h3-10H,1-2H3,(H,18,21)(H2,19,20,22,24). The normalized spacial score (nSPS) is 9.75. The van der Waals surface area contributed by atoms with Crippen molar-refractivity contribution in [2.75, 3.05) is 19.5 Å². The predicted octanol–water partition coefficient (Wildman–Crippen LogP) is 2.18. The van der Waals surface area contributed by atoms with Crippen LogP contribution in [0.3, 0.4) is 0 Å². The lowest BCUT2D eigenvalue weighted by atomic mass is 10.2. The monoisotopic (exact) mass is 343 g/mol. The lowest BCUT2D eigenvalue weighted by Crippen LogP contribution is -2.34. The highest BCUT2D eigenvalue weighted by Crippen LogP contribution is 2.17. The smallest absolute Gasteiger partial charge is 0.261 e. The maximum Gasteiger partial charge on any atom is 0.261 e. The van der Waals surface area contributed by atoms with Crippen LogP contribution in [0, 0.1) is 0 Å². The number of amides is 2. The molecule has 0 atom stereocenters. The highest BCUT2D eigenvalue weighted by atomic mass is 32.1. The number of thiocarbonyl (C=S) groups is 1. The molecule has 2 aromatic carbocycles. The fourth-order valence-electron chi connectivity index (χ4n) is 2.01. The van der Waals surface area contributed by atoms with Crippen molar-refractivity contribution >= 4 is 34.8 Å². The first-order valence-electron chi connectivity index (χ1n) is 7.12. The van der Waals surface area contributed by atoms with E-state index in [1.807, 2.05) is 0 Å². The van der Waals surface area contributed by atoms with E-state index < -0.39 is 0 Å². The van der Waals surface area contributed by atoms with E-state index in [9.17, 15) is 9.59 Å². The van der Waals surface area contributed by atoms with E-state index in [1.165, 1.54) is 7.11 Å². The molecule has 2 amide bonds. The van der Waals surface area contributed by atoms with Gasteiger partial charge >= 0.3 is 0 Å². The fourth-order valence-corrected chi connectivity index (χ4v) is 2.22. The summed E-state index contributed by atoms with van der Waals surface area (Å²) >= 11 is 5.14. The molecule has 0 saturated carbocycles. The Morgan fingerprint density at radius 1 is 1.00 bits per heavy atom. The van der Waals surface area contributed by atoms with Crippen molar-refractivity contribution < 1.29 is 14.3 Å². The van der Waals surface area contributed by atoms with Crippen LogP contribution in [0.25, 0.3) is 0 Å². The van der Waals surface area contributed by atoms with Crippen LogP contribution in [-0.4, -0.2) is 31.1 Å². The minimum absolute atomic E-state index is 0.151. The lowest BCUT2D eigenvalue weighted by Gasteiger charge is -2.11. The van der Waals surface area contributed by atoms with Gasteiger partial charge < -0.3 is 15.4 Å². The number of rotatable bonds is 4. The van der Waals surface area contributed by atoms with Crippen LogP contribution in [0.4, 0.5) is 5.69 Å². The van der Waals surface area contributed by atoms with Crippen LogP contribution < -0.4 is 20.7 Å². The van der Waals surface area contributed by atoms with Crippen molar-refractivity contribution in [2.24, 2.45) is 0 Å². The number of anilines is 1. The van der Waals surface area contributed by atoms with Gasteiger partial charge in [-0.25, -0.2) is 0 Å². The molecule has 0 spiro atoms. The summed E-state index contributed by atoms with van der Waals surface area (Å²) in [4.78, 5) is 23.7. The molecule has 0 aliphatic heterocycles. The summed E-state index contributed by atoms with van der Waals surface area (Å²) in [7, 11) is 3.06. The summed E-state index contributed by atoms with van der Waals surface area (Å²) < 4.78 is 5.15. The zero-order valence-electron chi connectivity index (χ0n) is 13.3. The lowest BCUT2D eigenvalue weighted by molar-refractivity contribution is 0.0959. The number of hydrogen-bond acceptors (Lipinski definition) is 4. The van der Waals surface area contributed by atoms with Crippen LogP contribution in [0.15, 0.2) is 48.5 Å². The number of nitrogens with one attached hydrogen (secondary N) is 3. The van der Waals surface area contributed by atoms with Crippen molar-refractivity contribution in [3.05, 3.63) is 59.7 Å². The van der Waals surface area contributed by atoms with Gasteiger partial charge in [0.25, 0.3) is 11.8 Å². The third kappa shape index (κ3) is 4.30.